The summed E-state index contributed by atoms with van der Waals surface area (Å²) < 4.78 is 5.36. The van der Waals surface area contributed by atoms with Crippen LogP contribution in [0.25, 0.3) is 0 Å². The molecule has 4 nitrogen and oxygen atoms in total. The van der Waals surface area contributed by atoms with E-state index in [4.69, 9.17) is 4.74 Å². The van der Waals surface area contributed by atoms with Crippen LogP contribution in [0.1, 0.15) is 37.7 Å². The summed E-state index contributed by atoms with van der Waals surface area (Å²) in [6.45, 7) is 0.796. The molecule has 0 heterocycles. The van der Waals surface area contributed by atoms with Crippen molar-refractivity contribution in [3.63, 3.8) is 0 Å². The molecule has 1 aliphatic carbocycles. The van der Waals surface area contributed by atoms with Gasteiger partial charge in [0, 0.05) is 6.54 Å². The van der Waals surface area contributed by atoms with E-state index >= 15 is 0 Å². The monoisotopic (exact) mass is 277 g/mol. The molecule has 0 radical (unpaired) electrons. The van der Waals surface area contributed by atoms with E-state index in [2.05, 4.69) is 5.32 Å². The van der Waals surface area contributed by atoms with Crippen LogP contribution in [-0.4, -0.2) is 29.8 Å². The lowest BCUT2D eigenvalue weighted by atomic mass is 9.85. The van der Waals surface area contributed by atoms with Gasteiger partial charge in [-0.2, -0.15) is 0 Å². The molecular formula is C16H23NO3. The average Bonchev–Trinajstić information content (AvgIpc) is 2.47. The van der Waals surface area contributed by atoms with Gasteiger partial charge >= 0.3 is 0 Å². The number of hydrogen-bond acceptors (Lipinski definition) is 3. The fourth-order valence-corrected chi connectivity index (χ4v) is 2.54. The van der Waals surface area contributed by atoms with Crippen molar-refractivity contribution in [2.75, 3.05) is 13.2 Å². The van der Waals surface area contributed by atoms with E-state index in [1.807, 2.05) is 30.3 Å². The van der Waals surface area contributed by atoms with E-state index in [1.165, 1.54) is 6.42 Å². The first-order valence-corrected chi connectivity index (χ1v) is 7.29. The quantitative estimate of drug-likeness (QED) is 0.836. The maximum Gasteiger partial charge on any atom is 0.246 e. The summed E-state index contributed by atoms with van der Waals surface area (Å²) in [7, 11) is 0. The van der Waals surface area contributed by atoms with Crippen molar-refractivity contribution in [2.45, 2.75) is 44.3 Å². The zero-order valence-corrected chi connectivity index (χ0v) is 11.8. The van der Waals surface area contributed by atoms with E-state index in [1.54, 1.807) is 0 Å². The van der Waals surface area contributed by atoms with Crippen molar-refractivity contribution >= 4 is 5.91 Å². The van der Waals surface area contributed by atoms with Crippen LogP contribution in [0.15, 0.2) is 30.3 Å². The lowest BCUT2D eigenvalue weighted by Crippen LogP contribution is -2.45. The van der Waals surface area contributed by atoms with Crippen LogP contribution in [0.2, 0.25) is 0 Å². The molecule has 1 aromatic carbocycles. The van der Waals surface area contributed by atoms with Crippen molar-refractivity contribution in [3.05, 3.63) is 35.9 Å². The summed E-state index contributed by atoms with van der Waals surface area (Å²) in [6, 6.07) is 9.75. The Labute approximate surface area is 120 Å². The highest BCUT2D eigenvalue weighted by Gasteiger charge is 2.29. The molecule has 0 aromatic heterocycles. The maximum atomic E-state index is 11.7. The highest BCUT2D eigenvalue weighted by Crippen LogP contribution is 2.27. The van der Waals surface area contributed by atoms with Crippen LogP contribution in [0.5, 0.6) is 0 Å². The number of amides is 1. The van der Waals surface area contributed by atoms with Crippen molar-refractivity contribution in [3.8, 4) is 0 Å². The second-order valence-electron chi connectivity index (χ2n) is 5.54. The van der Waals surface area contributed by atoms with Gasteiger partial charge in [0.1, 0.15) is 6.61 Å². The van der Waals surface area contributed by atoms with Crippen LogP contribution in [-0.2, 0) is 16.1 Å². The highest BCUT2D eigenvalue weighted by atomic mass is 16.5. The van der Waals surface area contributed by atoms with Crippen molar-refractivity contribution < 1.29 is 14.6 Å². The second-order valence-corrected chi connectivity index (χ2v) is 5.54. The van der Waals surface area contributed by atoms with E-state index in [0.717, 1.165) is 31.2 Å². The van der Waals surface area contributed by atoms with E-state index in [9.17, 15) is 9.90 Å². The van der Waals surface area contributed by atoms with Crippen LogP contribution in [0, 0.1) is 0 Å². The summed E-state index contributed by atoms with van der Waals surface area (Å²) in [4.78, 5) is 11.7. The summed E-state index contributed by atoms with van der Waals surface area (Å²) in [5.74, 6) is -0.167. The van der Waals surface area contributed by atoms with Crippen LogP contribution >= 0.6 is 0 Å². The Morgan fingerprint density at radius 2 is 1.90 bits per heavy atom. The van der Waals surface area contributed by atoms with E-state index in [-0.39, 0.29) is 12.5 Å². The lowest BCUT2D eigenvalue weighted by molar-refractivity contribution is -0.127. The number of nitrogens with one attached hydrogen (secondary N) is 1. The maximum absolute atomic E-state index is 11.7. The number of carbonyl (C=O) groups is 1. The summed E-state index contributed by atoms with van der Waals surface area (Å²) in [5, 5.41) is 13.0. The van der Waals surface area contributed by atoms with Gasteiger partial charge < -0.3 is 15.2 Å². The average molecular weight is 277 g/mol. The Bertz CT molecular complexity index is 413. The Hall–Kier alpha value is -1.39. The highest BCUT2D eigenvalue weighted by molar-refractivity contribution is 5.77. The van der Waals surface area contributed by atoms with Gasteiger partial charge in [-0.1, -0.05) is 49.6 Å². The summed E-state index contributed by atoms with van der Waals surface area (Å²) >= 11 is 0. The van der Waals surface area contributed by atoms with Gasteiger partial charge in [-0.3, -0.25) is 4.79 Å². The van der Waals surface area contributed by atoms with Crippen LogP contribution in [0.3, 0.4) is 0 Å². The third kappa shape index (κ3) is 4.94. The van der Waals surface area contributed by atoms with Gasteiger partial charge in [-0.25, -0.2) is 0 Å². The molecule has 1 saturated carbocycles. The topological polar surface area (TPSA) is 58.6 Å². The number of aliphatic hydroxyl groups is 1. The van der Waals surface area contributed by atoms with Gasteiger partial charge in [-0.05, 0) is 18.4 Å². The minimum absolute atomic E-state index is 0.0327. The fraction of sp³-hybridized carbons (Fsp3) is 0.562. The minimum atomic E-state index is -0.715. The number of benzene rings is 1. The van der Waals surface area contributed by atoms with E-state index < -0.39 is 5.60 Å². The zero-order chi connectivity index (χ0) is 14.3. The number of hydrogen-bond donors (Lipinski definition) is 2. The fourth-order valence-electron chi connectivity index (χ4n) is 2.54. The Kier molecular flexibility index (Phi) is 5.56. The molecule has 0 bridgehead atoms. The number of rotatable bonds is 6. The SMILES string of the molecule is O=C(COCc1ccccc1)NCC1(O)CCCCC1. The first-order chi connectivity index (χ1) is 9.68. The third-order valence-electron chi connectivity index (χ3n) is 3.74. The first kappa shape index (κ1) is 15.0. The minimum Gasteiger partial charge on any atom is -0.388 e. The standard InChI is InChI=1S/C16H23NO3/c18-15(12-20-11-14-7-3-1-4-8-14)17-13-16(19)9-5-2-6-10-16/h1,3-4,7-8,19H,2,5-6,9-13H2,(H,17,18). The molecule has 20 heavy (non-hydrogen) atoms. The molecule has 110 valence electrons. The second kappa shape index (κ2) is 7.41. The molecule has 1 fully saturated rings. The summed E-state index contributed by atoms with van der Waals surface area (Å²) in [6.07, 6.45) is 4.81. The molecule has 4 heteroatoms. The molecule has 0 saturated heterocycles. The molecule has 2 rings (SSSR count). The molecule has 0 unspecified atom stereocenters. The zero-order valence-electron chi connectivity index (χ0n) is 11.8. The van der Waals surface area contributed by atoms with Crippen LogP contribution < -0.4 is 5.32 Å². The first-order valence-electron chi connectivity index (χ1n) is 7.29. The predicted octanol–water partition coefficient (Wildman–Crippen LogP) is 2.01. The molecule has 1 aliphatic rings. The largest absolute Gasteiger partial charge is 0.388 e. The van der Waals surface area contributed by atoms with Crippen molar-refractivity contribution in [1.29, 1.82) is 0 Å². The molecule has 0 aliphatic heterocycles. The molecule has 1 aromatic rings. The molecule has 0 spiro atoms. The Morgan fingerprint density at radius 1 is 1.20 bits per heavy atom. The normalized spacial score (nSPS) is 17.6. The van der Waals surface area contributed by atoms with Gasteiger partial charge in [-0.15, -0.1) is 0 Å². The summed E-state index contributed by atoms with van der Waals surface area (Å²) in [5.41, 5.74) is 0.332. The van der Waals surface area contributed by atoms with Crippen molar-refractivity contribution in [2.24, 2.45) is 0 Å². The predicted molar refractivity (Wildman–Crippen MR) is 77.1 cm³/mol. The third-order valence-corrected chi connectivity index (χ3v) is 3.74. The number of ether oxygens (including phenoxy) is 1. The van der Waals surface area contributed by atoms with E-state index in [0.29, 0.717) is 13.2 Å². The number of carbonyl (C=O) groups excluding carboxylic acids is 1. The lowest BCUT2D eigenvalue weighted by Gasteiger charge is -2.32. The van der Waals surface area contributed by atoms with Crippen LogP contribution in [0.4, 0.5) is 0 Å². The Morgan fingerprint density at radius 3 is 2.60 bits per heavy atom. The smallest absolute Gasteiger partial charge is 0.246 e. The molecule has 2 N–H and O–H groups in total. The van der Waals surface area contributed by atoms with Gasteiger partial charge in [0.15, 0.2) is 0 Å². The molecule has 1 amide bonds. The van der Waals surface area contributed by atoms with Gasteiger partial charge in [0.25, 0.3) is 0 Å². The van der Waals surface area contributed by atoms with Gasteiger partial charge in [0.05, 0.1) is 12.2 Å². The molecular weight excluding hydrogens is 254 g/mol. The van der Waals surface area contributed by atoms with Gasteiger partial charge in [0.2, 0.25) is 5.91 Å². The van der Waals surface area contributed by atoms with Crippen molar-refractivity contribution in [1.82, 2.24) is 5.32 Å². The Balaban J connectivity index is 1.63. The molecule has 0 atom stereocenters.